The number of piperazine rings is 1. The first-order valence-corrected chi connectivity index (χ1v) is 20.6. The summed E-state index contributed by atoms with van der Waals surface area (Å²) in [5.74, 6) is 0.126. The van der Waals surface area contributed by atoms with Crippen molar-refractivity contribution in [1.82, 2.24) is 20.0 Å². The van der Waals surface area contributed by atoms with Crippen LogP contribution < -0.4 is 5.32 Å². The van der Waals surface area contributed by atoms with Gasteiger partial charge < -0.3 is 15.1 Å². The van der Waals surface area contributed by atoms with E-state index in [1.807, 2.05) is 82.6 Å². The number of carbonyl (C=O) groups excluding carboxylic acids is 3. The van der Waals surface area contributed by atoms with Gasteiger partial charge in [0.1, 0.15) is 16.4 Å². The summed E-state index contributed by atoms with van der Waals surface area (Å²) in [4.78, 5) is 52.3. The average molecular weight is 751 g/mol. The van der Waals surface area contributed by atoms with E-state index in [-0.39, 0.29) is 29.8 Å². The zero-order valence-electron chi connectivity index (χ0n) is 31.8. The van der Waals surface area contributed by atoms with Gasteiger partial charge in [-0.1, -0.05) is 127 Å². The van der Waals surface area contributed by atoms with Crippen LogP contribution in [-0.4, -0.2) is 76.2 Å². The van der Waals surface area contributed by atoms with Crippen molar-refractivity contribution >= 4 is 29.1 Å². The molecule has 2 unspecified atom stereocenters. The molecule has 3 fully saturated rings. The highest BCUT2D eigenvalue weighted by atomic mass is 32.1. The Bertz CT molecular complexity index is 1890. The zero-order valence-corrected chi connectivity index (χ0v) is 32.6. The largest absolute Gasteiger partial charge is 0.353 e. The van der Waals surface area contributed by atoms with Crippen molar-refractivity contribution in [2.75, 3.05) is 26.2 Å². The van der Waals surface area contributed by atoms with E-state index in [4.69, 9.17) is 0 Å². The third kappa shape index (κ3) is 6.39. The Labute approximate surface area is 329 Å². The maximum Gasteiger partial charge on any atom is 0.240 e. The number of nitrogens with one attached hydrogen (secondary N) is 1. The SMILES string of the molecule is CC(CC1(CC(C)N2CCC(c3ccccc3)(c3ccccc3)C2=O)C(=O)NCCN1Cc1cccs1)N1CCC(c2ccccc2)(c2ccccc2)C1=O. The molecule has 1 aromatic heterocycles. The Morgan fingerprint density at radius 3 is 1.38 bits per heavy atom. The molecule has 0 saturated carbocycles. The molecule has 0 radical (unpaired) electrons. The summed E-state index contributed by atoms with van der Waals surface area (Å²) in [6, 6.07) is 44.3. The summed E-state index contributed by atoms with van der Waals surface area (Å²) in [6.45, 7) is 7.25. The maximum atomic E-state index is 15.0. The van der Waals surface area contributed by atoms with Crippen molar-refractivity contribution in [2.45, 2.75) is 74.5 Å². The van der Waals surface area contributed by atoms with Crippen LogP contribution in [0, 0.1) is 0 Å². The van der Waals surface area contributed by atoms with Gasteiger partial charge in [0.2, 0.25) is 17.7 Å². The lowest BCUT2D eigenvalue weighted by molar-refractivity contribution is -0.146. The molecule has 3 saturated heterocycles. The molecule has 3 aliphatic rings. The number of rotatable bonds is 12. The van der Waals surface area contributed by atoms with Crippen molar-refractivity contribution < 1.29 is 14.4 Å². The van der Waals surface area contributed by atoms with Gasteiger partial charge in [-0.05, 0) is 73.2 Å². The fraction of sp³-hybridized carbons (Fsp3) is 0.340. The van der Waals surface area contributed by atoms with Gasteiger partial charge in [0, 0.05) is 49.7 Å². The monoisotopic (exact) mass is 750 g/mol. The van der Waals surface area contributed by atoms with Crippen LogP contribution in [0.2, 0.25) is 0 Å². The number of carbonyl (C=O) groups is 3. The normalized spacial score (nSPS) is 22.1. The van der Waals surface area contributed by atoms with Gasteiger partial charge in [-0.3, -0.25) is 19.3 Å². The first-order chi connectivity index (χ1) is 26.8. The zero-order chi connectivity index (χ0) is 38.0. The minimum Gasteiger partial charge on any atom is -0.353 e. The smallest absolute Gasteiger partial charge is 0.240 e. The standard InChI is InChI=1S/C47H50N4O3S/c1-35(50-28-25-46(43(50)53,37-16-7-3-8-17-37)38-18-9-4-10-19-38)32-45(42(52)48-27-30-49(45)34-41-24-15-31-55-41)33-36(2)51-29-26-47(44(51)54,39-20-11-5-12-21-39)40-22-13-6-14-23-40/h3-24,31,35-36H,25-30,32-34H2,1-2H3,(H,48,52). The Balaban J connectivity index is 1.14. The fourth-order valence-electron chi connectivity index (χ4n) is 9.99. The molecule has 0 bridgehead atoms. The molecule has 4 aromatic carbocycles. The van der Waals surface area contributed by atoms with Crippen LogP contribution in [0.1, 0.15) is 66.7 Å². The van der Waals surface area contributed by atoms with Gasteiger partial charge in [-0.2, -0.15) is 0 Å². The third-order valence-corrected chi connectivity index (χ3v) is 13.6. The summed E-state index contributed by atoms with van der Waals surface area (Å²) in [7, 11) is 0. The Kier molecular flexibility index (Phi) is 10.2. The number of thiophene rings is 1. The molecule has 55 heavy (non-hydrogen) atoms. The number of likely N-dealkylation sites (tertiary alicyclic amines) is 2. The van der Waals surface area contributed by atoms with Gasteiger partial charge in [-0.15, -0.1) is 11.3 Å². The maximum absolute atomic E-state index is 15.0. The summed E-state index contributed by atoms with van der Waals surface area (Å²) in [5.41, 5.74) is 1.40. The molecule has 4 heterocycles. The first-order valence-electron chi connectivity index (χ1n) is 19.7. The van der Waals surface area contributed by atoms with Gasteiger partial charge in [-0.25, -0.2) is 0 Å². The molecule has 0 aliphatic carbocycles. The van der Waals surface area contributed by atoms with E-state index in [0.717, 1.165) is 22.3 Å². The van der Waals surface area contributed by atoms with E-state index in [9.17, 15) is 4.79 Å². The molecule has 5 aromatic rings. The van der Waals surface area contributed by atoms with Crippen molar-refractivity contribution in [2.24, 2.45) is 0 Å². The van der Waals surface area contributed by atoms with Gasteiger partial charge in [0.15, 0.2) is 0 Å². The highest BCUT2D eigenvalue weighted by Crippen LogP contribution is 2.46. The molecule has 7 nitrogen and oxygen atoms in total. The van der Waals surface area contributed by atoms with Crippen LogP contribution in [-0.2, 0) is 31.8 Å². The minimum absolute atomic E-state index is 0.0259. The summed E-state index contributed by atoms with van der Waals surface area (Å²) < 4.78 is 0. The van der Waals surface area contributed by atoms with Crippen LogP contribution in [0.25, 0.3) is 0 Å². The second-order valence-electron chi connectivity index (χ2n) is 15.7. The van der Waals surface area contributed by atoms with E-state index in [1.165, 1.54) is 4.88 Å². The number of benzene rings is 4. The number of hydrogen-bond donors (Lipinski definition) is 1. The minimum atomic E-state index is -0.961. The van der Waals surface area contributed by atoms with Crippen molar-refractivity contribution in [3.63, 3.8) is 0 Å². The molecule has 8 heteroatoms. The lowest BCUT2D eigenvalue weighted by Gasteiger charge is -2.50. The fourth-order valence-corrected chi connectivity index (χ4v) is 10.7. The number of nitrogens with zero attached hydrogens (tertiary/aromatic N) is 3. The van der Waals surface area contributed by atoms with Crippen LogP contribution in [0.4, 0.5) is 0 Å². The quantitative estimate of drug-likeness (QED) is 0.144. The highest BCUT2D eigenvalue weighted by molar-refractivity contribution is 7.09. The molecule has 0 spiro atoms. The molecular weight excluding hydrogens is 701 g/mol. The first kappa shape index (κ1) is 36.9. The molecular formula is C47H50N4O3S. The Morgan fingerprint density at radius 1 is 0.582 bits per heavy atom. The third-order valence-electron chi connectivity index (χ3n) is 12.7. The summed E-state index contributed by atoms with van der Waals surface area (Å²) >= 11 is 1.70. The van der Waals surface area contributed by atoms with Crippen LogP contribution >= 0.6 is 11.3 Å². The summed E-state index contributed by atoms with van der Waals surface area (Å²) in [5, 5.41) is 5.33. The molecule has 3 amide bonds. The highest BCUT2D eigenvalue weighted by Gasteiger charge is 2.56. The number of amides is 3. The van der Waals surface area contributed by atoms with Crippen LogP contribution in [0.15, 0.2) is 139 Å². The van der Waals surface area contributed by atoms with E-state index in [1.54, 1.807) is 11.3 Å². The van der Waals surface area contributed by atoms with E-state index in [2.05, 4.69) is 90.1 Å². The molecule has 282 valence electrons. The van der Waals surface area contributed by atoms with Crippen LogP contribution in [0.3, 0.4) is 0 Å². The van der Waals surface area contributed by atoms with Crippen molar-refractivity contribution in [3.8, 4) is 0 Å². The lowest BCUT2D eigenvalue weighted by Crippen LogP contribution is -2.67. The van der Waals surface area contributed by atoms with Gasteiger partial charge in [0.25, 0.3) is 0 Å². The average Bonchev–Trinajstić information content (AvgIpc) is 3.96. The Hall–Kier alpha value is -5.05. The topological polar surface area (TPSA) is 73.0 Å². The van der Waals surface area contributed by atoms with Crippen molar-refractivity contribution in [1.29, 1.82) is 0 Å². The van der Waals surface area contributed by atoms with Gasteiger partial charge >= 0.3 is 0 Å². The molecule has 3 aliphatic heterocycles. The summed E-state index contributed by atoms with van der Waals surface area (Å²) in [6.07, 6.45) is 2.21. The predicted molar refractivity (Wildman–Crippen MR) is 219 cm³/mol. The predicted octanol–water partition coefficient (Wildman–Crippen LogP) is 7.41. The lowest BCUT2D eigenvalue weighted by atomic mass is 9.73. The molecule has 1 N–H and O–H groups in total. The van der Waals surface area contributed by atoms with E-state index >= 15 is 9.59 Å². The van der Waals surface area contributed by atoms with Crippen LogP contribution in [0.5, 0.6) is 0 Å². The molecule has 8 rings (SSSR count). The molecule has 2 atom stereocenters. The van der Waals surface area contributed by atoms with Gasteiger partial charge in [0.05, 0.1) is 0 Å². The Morgan fingerprint density at radius 2 is 1.00 bits per heavy atom. The van der Waals surface area contributed by atoms with E-state index < -0.39 is 16.4 Å². The number of hydrogen-bond acceptors (Lipinski definition) is 5. The second kappa shape index (κ2) is 15.2. The van der Waals surface area contributed by atoms with E-state index in [0.29, 0.717) is 58.4 Å². The van der Waals surface area contributed by atoms with Crippen molar-refractivity contribution in [3.05, 3.63) is 166 Å². The second-order valence-corrected chi connectivity index (χ2v) is 16.7.